The highest BCUT2D eigenvalue weighted by Crippen LogP contribution is 2.44. The Morgan fingerprint density at radius 2 is 1.89 bits per heavy atom. The van der Waals surface area contributed by atoms with Gasteiger partial charge in [-0.3, -0.25) is 4.79 Å². The quantitative estimate of drug-likeness (QED) is 0.762. The lowest BCUT2D eigenvalue weighted by Gasteiger charge is -2.22. The smallest absolute Gasteiger partial charge is 0.231 e. The van der Waals surface area contributed by atoms with Gasteiger partial charge < -0.3 is 19.4 Å². The van der Waals surface area contributed by atoms with E-state index in [0.29, 0.717) is 6.42 Å². The molecule has 1 atom stereocenters. The van der Waals surface area contributed by atoms with Gasteiger partial charge in [0.05, 0.1) is 0 Å². The number of likely N-dealkylation sites (tertiary alicyclic amines) is 1. The van der Waals surface area contributed by atoms with Gasteiger partial charge in [0.15, 0.2) is 11.5 Å². The first-order valence-electron chi connectivity index (χ1n) is 9.53. The summed E-state index contributed by atoms with van der Waals surface area (Å²) in [6.07, 6.45) is 4.66. The summed E-state index contributed by atoms with van der Waals surface area (Å²) in [5.74, 6) is 1.65. The molecule has 5 rings (SSSR count). The lowest BCUT2D eigenvalue weighted by molar-refractivity contribution is -0.130. The number of carbonyl (C=O) groups is 1. The maximum Gasteiger partial charge on any atom is 0.231 e. The van der Waals surface area contributed by atoms with Crippen LogP contribution >= 0.6 is 0 Å². The van der Waals surface area contributed by atoms with Gasteiger partial charge in [0.2, 0.25) is 12.7 Å². The lowest BCUT2D eigenvalue weighted by atomic mass is 9.87. The molecule has 0 bridgehead atoms. The number of aromatic nitrogens is 1. The van der Waals surface area contributed by atoms with Gasteiger partial charge in [0, 0.05) is 48.1 Å². The summed E-state index contributed by atoms with van der Waals surface area (Å²) in [6, 6.07) is 14.2. The third-order valence-corrected chi connectivity index (χ3v) is 5.64. The summed E-state index contributed by atoms with van der Waals surface area (Å²) >= 11 is 0. The Morgan fingerprint density at radius 1 is 1.04 bits per heavy atom. The molecule has 0 saturated carbocycles. The number of para-hydroxylation sites is 2. The first kappa shape index (κ1) is 16.2. The Labute approximate surface area is 157 Å². The van der Waals surface area contributed by atoms with Crippen LogP contribution in [-0.4, -0.2) is 35.7 Å². The van der Waals surface area contributed by atoms with Crippen molar-refractivity contribution < 1.29 is 14.3 Å². The number of nitrogens with one attached hydrogen (secondary N) is 1. The summed E-state index contributed by atoms with van der Waals surface area (Å²) in [6.45, 7) is 1.96. The molecule has 0 spiro atoms. The Hall–Kier alpha value is -2.95. The molecular weight excluding hydrogens is 340 g/mol. The molecular formula is C22H22N2O3. The van der Waals surface area contributed by atoms with E-state index in [-0.39, 0.29) is 18.6 Å². The minimum absolute atomic E-state index is 0.0779. The van der Waals surface area contributed by atoms with Gasteiger partial charge in [0.25, 0.3) is 0 Å². The zero-order chi connectivity index (χ0) is 18.2. The van der Waals surface area contributed by atoms with Crippen LogP contribution in [0.2, 0.25) is 0 Å². The number of nitrogens with zero attached hydrogens (tertiary/aromatic N) is 1. The molecule has 1 N–H and O–H groups in total. The number of hydrogen-bond donors (Lipinski definition) is 1. The fraction of sp³-hybridized carbons (Fsp3) is 0.318. The number of benzene rings is 2. The first-order chi connectivity index (χ1) is 13.3. The largest absolute Gasteiger partial charge is 0.454 e. The van der Waals surface area contributed by atoms with Crippen molar-refractivity contribution in [3.05, 3.63) is 59.8 Å². The summed E-state index contributed by atoms with van der Waals surface area (Å²) in [4.78, 5) is 18.3. The third kappa shape index (κ3) is 2.83. The van der Waals surface area contributed by atoms with Crippen molar-refractivity contribution >= 4 is 16.8 Å². The van der Waals surface area contributed by atoms with Gasteiger partial charge in [-0.05, 0) is 30.5 Å². The van der Waals surface area contributed by atoms with Gasteiger partial charge in [-0.25, -0.2) is 0 Å². The van der Waals surface area contributed by atoms with E-state index < -0.39 is 0 Å². The Bertz CT molecular complexity index is 988. The summed E-state index contributed by atoms with van der Waals surface area (Å²) in [5, 5.41) is 1.15. The zero-order valence-electron chi connectivity index (χ0n) is 15.1. The van der Waals surface area contributed by atoms with Crippen LogP contribution in [0.4, 0.5) is 0 Å². The second-order valence-electron chi connectivity index (χ2n) is 7.22. The third-order valence-electron chi connectivity index (χ3n) is 5.64. The molecule has 5 heteroatoms. The highest BCUT2D eigenvalue weighted by Gasteiger charge is 2.30. The SMILES string of the molecule is O=C(CC(c1cccc2c1OCO2)c1c[nH]c2ccccc12)N1CCCC1. The molecule has 27 heavy (non-hydrogen) atoms. The van der Waals surface area contributed by atoms with Crippen LogP contribution < -0.4 is 9.47 Å². The molecule has 1 saturated heterocycles. The van der Waals surface area contributed by atoms with E-state index in [1.807, 2.05) is 35.4 Å². The average molecular weight is 362 g/mol. The Balaban J connectivity index is 1.59. The highest BCUT2D eigenvalue weighted by molar-refractivity contribution is 5.86. The average Bonchev–Trinajstić information content (AvgIpc) is 3.46. The molecule has 138 valence electrons. The molecule has 2 aromatic carbocycles. The van der Waals surface area contributed by atoms with Crippen LogP contribution in [0.1, 0.15) is 36.3 Å². The molecule has 2 aliphatic rings. The van der Waals surface area contributed by atoms with Crippen molar-refractivity contribution in [2.24, 2.45) is 0 Å². The van der Waals surface area contributed by atoms with Crippen LogP contribution in [0.25, 0.3) is 10.9 Å². The predicted molar refractivity (Wildman–Crippen MR) is 103 cm³/mol. The van der Waals surface area contributed by atoms with E-state index in [2.05, 4.69) is 23.2 Å². The van der Waals surface area contributed by atoms with E-state index in [4.69, 9.17) is 9.47 Å². The number of H-pyrrole nitrogens is 1. The van der Waals surface area contributed by atoms with Gasteiger partial charge in [-0.1, -0.05) is 30.3 Å². The number of aromatic amines is 1. The molecule has 1 fully saturated rings. The van der Waals surface area contributed by atoms with Crippen molar-refractivity contribution in [2.75, 3.05) is 19.9 Å². The van der Waals surface area contributed by atoms with E-state index in [0.717, 1.165) is 59.5 Å². The normalized spacial score (nSPS) is 16.8. The lowest BCUT2D eigenvalue weighted by Crippen LogP contribution is -2.29. The van der Waals surface area contributed by atoms with Gasteiger partial charge in [0.1, 0.15) is 0 Å². The fourth-order valence-corrected chi connectivity index (χ4v) is 4.27. The maximum absolute atomic E-state index is 13.0. The number of carbonyl (C=O) groups excluding carboxylic acids is 1. The zero-order valence-corrected chi connectivity index (χ0v) is 15.1. The molecule has 3 aromatic rings. The second-order valence-corrected chi connectivity index (χ2v) is 7.22. The van der Waals surface area contributed by atoms with Crippen molar-refractivity contribution in [3.63, 3.8) is 0 Å². The summed E-state index contributed by atoms with van der Waals surface area (Å²) in [7, 11) is 0. The molecule has 1 unspecified atom stereocenters. The standard InChI is InChI=1S/C22H22N2O3/c25-21(24-10-3-4-11-24)12-17(16-7-5-9-20-22(16)27-14-26-20)18-13-23-19-8-2-1-6-15(18)19/h1-2,5-9,13,17,23H,3-4,10-12,14H2. The molecule has 2 aliphatic heterocycles. The summed E-state index contributed by atoms with van der Waals surface area (Å²) < 4.78 is 11.3. The van der Waals surface area contributed by atoms with Crippen LogP contribution in [-0.2, 0) is 4.79 Å². The molecule has 0 aliphatic carbocycles. The van der Waals surface area contributed by atoms with Crippen molar-refractivity contribution in [1.29, 1.82) is 0 Å². The van der Waals surface area contributed by atoms with Crippen molar-refractivity contribution in [2.45, 2.75) is 25.2 Å². The van der Waals surface area contributed by atoms with Crippen molar-refractivity contribution in [3.8, 4) is 11.5 Å². The van der Waals surface area contributed by atoms with Gasteiger partial charge in [-0.2, -0.15) is 0 Å². The van der Waals surface area contributed by atoms with E-state index in [9.17, 15) is 4.79 Å². The molecule has 5 nitrogen and oxygen atoms in total. The van der Waals surface area contributed by atoms with Crippen molar-refractivity contribution in [1.82, 2.24) is 9.88 Å². The van der Waals surface area contributed by atoms with Crippen LogP contribution in [0, 0.1) is 0 Å². The topological polar surface area (TPSA) is 54.6 Å². The number of fused-ring (bicyclic) bond motifs is 2. The van der Waals surface area contributed by atoms with Gasteiger partial charge >= 0.3 is 0 Å². The van der Waals surface area contributed by atoms with E-state index in [1.165, 1.54) is 0 Å². The Morgan fingerprint density at radius 3 is 2.78 bits per heavy atom. The van der Waals surface area contributed by atoms with Crippen LogP contribution in [0.5, 0.6) is 11.5 Å². The molecule has 1 amide bonds. The number of ether oxygens (including phenoxy) is 2. The number of amides is 1. The minimum Gasteiger partial charge on any atom is -0.454 e. The monoisotopic (exact) mass is 362 g/mol. The predicted octanol–water partition coefficient (Wildman–Crippen LogP) is 4.04. The minimum atomic E-state index is -0.0779. The van der Waals surface area contributed by atoms with E-state index in [1.54, 1.807) is 0 Å². The highest BCUT2D eigenvalue weighted by atomic mass is 16.7. The number of rotatable bonds is 4. The maximum atomic E-state index is 13.0. The Kier molecular flexibility index (Phi) is 4.00. The second kappa shape index (κ2) is 6.65. The van der Waals surface area contributed by atoms with Crippen LogP contribution in [0.15, 0.2) is 48.7 Å². The molecule has 1 aromatic heterocycles. The van der Waals surface area contributed by atoms with Gasteiger partial charge in [-0.15, -0.1) is 0 Å². The summed E-state index contributed by atoms with van der Waals surface area (Å²) in [5.41, 5.74) is 3.22. The van der Waals surface area contributed by atoms with E-state index >= 15 is 0 Å². The van der Waals surface area contributed by atoms with Crippen LogP contribution in [0.3, 0.4) is 0 Å². The molecule has 0 radical (unpaired) electrons. The fourth-order valence-electron chi connectivity index (χ4n) is 4.27. The first-order valence-corrected chi connectivity index (χ1v) is 9.53. The number of hydrogen-bond acceptors (Lipinski definition) is 3. The molecule has 3 heterocycles.